The van der Waals surface area contributed by atoms with Crippen molar-refractivity contribution in [2.75, 3.05) is 18.0 Å². The highest BCUT2D eigenvalue weighted by Gasteiger charge is 2.47. The molecule has 6 rings (SSSR count). The summed E-state index contributed by atoms with van der Waals surface area (Å²) in [6.45, 7) is 3.14. The third kappa shape index (κ3) is 4.45. The predicted octanol–water partition coefficient (Wildman–Crippen LogP) is 4.30. The van der Waals surface area contributed by atoms with Gasteiger partial charge in [0.1, 0.15) is 21.8 Å². The molecule has 10 heteroatoms. The average molecular weight is 530 g/mol. The molecule has 9 nitrogen and oxygen atoms in total. The zero-order chi connectivity index (χ0) is 26.2. The van der Waals surface area contributed by atoms with Gasteiger partial charge in [-0.3, -0.25) is 14.5 Å². The summed E-state index contributed by atoms with van der Waals surface area (Å²) in [5.41, 5.74) is 3.16. The van der Waals surface area contributed by atoms with E-state index < -0.39 is 11.3 Å². The van der Waals surface area contributed by atoms with Crippen molar-refractivity contribution in [2.24, 2.45) is 0 Å². The largest absolute Gasteiger partial charge is 0.457 e. The highest BCUT2D eigenvalue weighted by Crippen LogP contribution is 2.51. The predicted molar refractivity (Wildman–Crippen MR) is 144 cm³/mol. The van der Waals surface area contributed by atoms with E-state index in [4.69, 9.17) is 4.74 Å². The number of aryl methyl sites for hydroxylation is 1. The Kier molecular flexibility index (Phi) is 6.40. The van der Waals surface area contributed by atoms with Gasteiger partial charge in [-0.2, -0.15) is 0 Å². The number of anilines is 2. The number of piperidine rings is 1. The van der Waals surface area contributed by atoms with Crippen molar-refractivity contribution in [1.82, 2.24) is 20.5 Å². The second kappa shape index (κ2) is 10.0. The van der Waals surface area contributed by atoms with Crippen LogP contribution >= 0.6 is 11.8 Å². The Bertz CT molecular complexity index is 1400. The molecule has 1 fully saturated rings. The average Bonchev–Trinajstić information content (AvgIpc) is 3.30. The molecule has 0 bridgehead atoms. The number of rotatable bonds is 6. The normalized spacial score (nSPS) is 21.9. The van der Waals surface area contributed by atoms with Gasteiger partial charge in [-0.15, -0.1) is 0 Å². The molecule has 1 aromatic heterocycles. The van der Waals surface area contributed by atoms with Crippen LogP contribution in [0.25, 0.3) is 0 Å². The molecule has 4 heterocycles. The first kappa shape index (κ1) is 24.3. The van der Waals surface area contributed by atoms with Crippen molar-refractivity contribution >= 4 is 41.5 Å². The van der Waals surface area contributed by atoms with Crippen LogP contribution in [0, 0.1) is 6.92 Å². The van der Waals surface area contributed by atoms with Crippen LogP contribution in [0.3, 0.4) is 0 Å². The molecular formula is C28H27N5O4S. The minimum atomic E-state index is -0.542. The molecule has 0 aliphatic carbocycles. The first-order valence-corrected chi connectivity index (χ1v) is 13.5. The van der Waals surface area contributed by atoms with Crippen LogP contribution in [0.1, 0.15) is 30.0 Å². The zero-order valence-corrected chi connectivity index (χ0v) is 21.6. The number of nitrogens with one attached hydrogen (secondary N) is 2. The van der Waals surface area contributed by atoms with Gasteiger partial charge in [0.05, 0.1) is 17.4 Å². The van der Waals surface area contributed by atoms with Crippen LogP contribution in [0.2, 0.25) is 0 Å². The van der Waals surface area contributed by atoms with Crippen LogP contribution in [-0.4, -0.2) is 52.6 Å². The quantitative estimate of drug-likeness (QED) is 0.462. The van der Waals surface area contributed by atoms with E-state index in [-0.39, 0.29) is 18.0 Å². The SMILES string of the molecule is Cc1cc(Oc2ccccc2)ccc1N1C(=O)NC2c3c1ccnc3S[C@@H]2C(=O)NC1CCCN(C=O)C1. The number of hydrogen-bond acceptors (Lipinski definition) is 6. The summed E-state index contributed by atoms with van der Waals surface area (Å²) in [5.74, 6) is 1.25. The van der Waals surface area contributed by atoms with Crippen LogP contribution < -0.4 is 20.3 Å². The van der Waals surface area contributed by atoms with E-state index in [9.17, 15) is 14.4 Å². The van der Waals surface area contributed by atoms with Gasteiger partial charge in [0.2, 0.25) is 12.3 Å². The van der Waals surface area contributed by atoms with Gasteiger partial charge >= 0.3 is 6.03 Å². The first-order chi connectivity index (χ1) is 18.5. The van der Waals surface area contributed by atoms with E-state index >= 15 is 0 Å². The van der Waals surface area contributed by atoms with Crippen molar-refractivity contribution in [3.8, 4) is 11.5 Å². The maximum Gasteiger partial charge on any atom is 0.327 e. The molecule has 3 atom stereocenters. The van der Waals surface area contributed by atoms with Gasteiger partial charge in [0.25, 0.3) is 0 Å². The molecule has 0 radical (unpaired) electrons. The number of pyridine rings is 1. The molecule has 2 aromatic carbocycles. The van der Waals surface area contributed by atoms with Crippen molar-refractivity contribution in [3.63, 3.8) is 0 Å². The second-order valence-electron chi connectivity index (χ2n) is 9.66. The Morgan fingerprint density at radius 3 is 2.79 bits per heavy atom. The fraction of sp³-hybridized carbons (Fsp3) is 0.286. The molecular weight excluding hydrogens is 502 g/mol. The Hall–Kier alpha value is -4.05. The van der Waals surface area contributed by atoms with E-state index in [1.54, 1.807) is 16.0 Å². The number of benzene rings is 2. The highest BCUT2D eigenvalue weighted by molar-refractivity contribution is 8.01. The van der Waals surface area contributed by atoms with E-state index in [1.807, 2.05) is 61.5 Å². The first-order valence-electron chi connectivity index (χ1n) is 12.6. The number of aromatic nitrogens is 1. The summed E-state index contributed by atoms with van der Waals surface area (Å²) < 4.78 is 5.96. The number of thioether (sulfide) groups is 1. The van der Waals surface area contributed by atoms with Crippen molar-refractivity contribution in [2.45, 2.75) is 42.1 Å². The Morgan fingerprint density at radius 1 is 1.16 bits per heavy atom. The van der Waals surface area contributed by atoms with Crippen molar-refractivity contribution in [3.05, 3.63) is 71.9 Å². The standard InChI is InChI=1S/C28H27N5O4S/c1-17-14-20(37-19-7-3-2-4-8-19)9-10-21(17)33-22-11-12-29-27-23(22)24(31-28(33)36)25(38-27)26(35)30-18-6-5-13-32(15-18)16-34/h2-4,7-12,14,16,18,24-25H,5-6,13,15H2,1H3,(H,30,35)(H,31,36)/t18?,24?,25-/m0/s1. The molecule has 2 unspecified atom stereocenters. The Balaban J connectivity index is 1.25. The summed E-state index contributed by atoms with van der Waals surface area (Å²) in [4.78, 5) is 45.9. The fourth-order valence-electron chi connectivity index (χ4n) is 5.33. The maximum atomic E-state index is 13.5. The summed E-state index contributed by atoms with van der Waals surface area (Å²) in [5, 5.41) is 6.35. The summed E-state index contributed by atoms with van der Waals surface area (Å²) >= 11 is 1.37. The monoisotopic (exact) mass is 529 g/mol. The third-order valence-electron chi connectivity index (χ3n) is 7.10. The van der Waals surface area contributed by atoms with E-state index in [2.05, 4.69) is 15.6 Å². The molecule has 194 valence electrons. The van der Waals surface area contributed by atoms with E-state index in [1.165, 1.54) is 11.8 Å². The number of para-hydroxylation sites is 1. The minimum absolute atomic E-state index is 0.103. The number of urea groups is 1. The summed E-state index contributed by atoms with van der Waals surface area (Å²) in [6, 6.07) is 16.1. The second-order valence-corrected chi connectivity index (χ2v) is 10.8. The van der Waals surface area contributed by atoms with Gasteiger partial charge < -0.3 is 20.3 Å². The Morgan fingerprint density at radius 2 is 2.00 bits per heavy atom. The van der Waals surface area contributed by atoms with Gasteiger partial charge in [0.15, 0.2) is 0 Å². The number of hydrogen-bond donors (Lipinski definition) is 2. The van der Waals surface area contributed by atoms with Crippen molar-refractivity contribution in [1.29, 1.82) is 0 Å². The number of carbonyl (C=O) groups excluding carboxylic acids is 3. The fourth-order valence-corrected chi connectivity index (χ4v) is 6.57. The highest BCUT2D eigenvalue weighted by atomic mass is 32.2. The summed E-state index contributed by atoms with van der Waals surface area (Å²) in [6.07, 6.45) is 4.16. The third-order valence-corrected chi connectivity index (χ3v) is 8.39. The molecule has 38 heavy (non-hydrogen) atoms. The lowest BCUT2D eigenvalue weighted by Gasteiger charge is -2.35. The van der Waals surface area contributed by atoms with Crippen molar-refractivity contribution < 1.29 is 19.1 Å². The van der Waals surface area contributed by atoms with Gasteiger partial charge in [0, 0.05) is 30.9 Å². The molecule has 3 aromatic rings. The smallest absolute Gasteiger partial charge is 0.327 e. The number of ether oxygens (including phenoxy) is 1. The zero-order valence-electron chi connectivity index (χ0n) is 20.8. The Labute approximate surface area is 224 Å². The molecule has 1 saturated heterocycles. The van der Waals surface area contributed by atoms with Crippen LogP contribution in [0.15, 0.2) is 65.8 Å². The van der Waals surface area contributed by atoms with Gasteiger partial charge in [-0.25, -0.2) is 9.78 Å². The number of likely N-dealkylation sites (tertiary alicyclic amines) is 1. The number of carbonyl (C=O) groups is 3. The topological polar surface area (TPSA) is 104 Å². The summed E-state index contributed by atoms with van der Waals surface area (Å²) in [7, 11) is 0. The number of nitrogens with zero attached hydrogens (tertiary/aromatic N) is 3. The van der Waals surface area contributed by atoms with Gasteiger partial charge in [-0.1, -0.05) is 30.0 Å². The molecule has 0 saturated carbocycles. The molecule has 2 N–H and O–H groups in total. The van der Waals surface area contributed by atoms with Gasteiger partial charge in [-0.05, 0) is 61.7 Å². The van der Waals surface area contributed by atoms with Crippen LogP contribution in [0.4, 0.5) is 16.2 Å². The lowest BCUT2D eigenvalue weighted by atomic mass is 9.98. The molecule has 0 spiro atoms. The maximum absolute atomic E-state index is 13.5. The molecule has 3 aliphatic heterocycles. The lowest BCUT2D eigenvalue weighted by Crippen LogP contribution is -2.52. The van der Waals surface area contributed by atoms with E-state index in [0.29, 0.717) is 18.8 Å². The minimum Gasteiger partial charge on any atom is -0.457 e. The van der Waals surface area contributed by atoms with Crippen LogP contribution in [0.5, 0.6) is 11.5 Å². The number of amides is 4. The lowest BCUT2D eigenvalue weighted by molar-refractivity contribution is -0.124. The van der Waals surface area contributed by atoms with E-state index in [0.717, 1.165) is 52.5 Å². The molecule has 3 aliphatic rings. The van der Waals surface area contributed by atoms with Crippen LogP contribution in [-0.2, 0) is 9.59 Å². The molecule has 4 amide bonds.